The molecule has 19 heavy (non-hydrogen) atoms. The number of nitrogens with zero attached hydrogens (tertiary/aromatic N) is 1. The number of methoxy groups -OCH3 is 3. The van der Waals surface area contributed by atoms with E-state index in [1.54, 1.807) is 21.3 Å². The molecule has 0 saturated heterocycles. The molecule has 0 aromatic heterocycles. The fraction of sp³-hybridized carbons (Fsp3) is 0.571. The van der Waals surface area contributed by atoms with E-state index in [2.05, 4.69) is 30.4 Å². The van der Waals surface area contributed by atoms with Gasteiger partial charge in [0, 0.05) is 24.7 Å². The second-order valence-electron chi connectivity index (χ2n) is 4.82. The van der Waals surface area contributed by atoms with Gasteiger partial charge >= 0.3 is 0 Å². The second kappa shape index (κ2) is 5.67. The number of nitrogens with one attached hydrogen (secondary N) is 1. The van der Waals surface area contributed by atoms with Crippen molar-refractivity contribution in [3.8, 4) is 17.2 Å². The van der Waals surface area contributed by atoms with E-state index >= 15 is 0 Å². The average Bonchev–Trinajstić information content (AvgIpc) is 2.43. The molecule has 2 rings (SSSR count). The zero-order valence-corrected chi connectivity index (χ0v) is 12.2. The zero-order chi connectivity index (χ0) is 14.0. The topological polar surface area (TPSA) is 43.0 Å². The van der Waals surface area contributed by atoms with E-state index in [1.807, 2.05) is 0 Å². The van der Waals surface area contributed by atoms with E-state index in [4.69, 9.17) is 14.2 Å². The van der Waals surface area contributed by atoms with E-state index in [-0.39, 0.29) is 0 Å². The van der Waals surface area contributed by atoms with E-state index in [9.17, 15) is 0 Å². The first-order valence-corrected chi connectivity index (χ1v) is 6.32. The van der Waals surface area contributed by atoms with Crippen molar-refractivity contribution in [3.63, 3.8) is 0 Å². The molecule has 0 saturated carbocycles. The third kappa shape index (κ3) is 2.35. The molecule has 1 heterocycles. The molecule has 5 nitrogen and oxygen atoms in total. The van der Waals surface area contributed by atoms with E-state index in [0.717, 1.165) is 24.4 Å². The van der Waals surface area contributed by atoms with Crippen LogP contribution in [0.3, 0.4) is 0 Å². The van der Waals surface area contributed by atoms with Gasteiger partial charge in [-0.2, -0.15) is 0 Å². The maximum absolute atomic E-state index is 5.54. The summed E-state index contributed by atoms with van der Waals surface area (Å²) in [6, 6.07) is 2.36. The second-order valence-corrected chi connectivity index (χ2v) is 4.82. The zero-order valence-electron chi connectivity index (χ0n) is 12.2. The van der Waals surface area contributed by atoms with Crippen LogP contribution in [-0.2, 0) is 6.54 Å². The Morgan fingerprint density at radius 2 is 1.79 bits per heavy atom. The largest absolute Gasteiger partial charge is 0.493 e. The summed E-state index contributed by atoms with van der Waals surface area (Å²) < 4.78 is 16.4. The molecule has 0 bridgehead atoms. The van der Waals surface area contributed by atoms with Crippen molar-refractivity contribution >= 4 is 0 Å². The van der Waals surface area contributed by atoms with E-state index in [1.165, 1.54) is 5.56 Å². The SMILES string of the molecule is COc1cc2c(c(OC)c1OC)CNC[C@H]2N(C)C. The van der Waals surface area contributed by atoms with Crippen molar-refractivity contribution in [2.24, 2.45) is 0 Å². The third-order valence-electron chi connectivity index (χ3n) is 3.59. The van der Waals surface area contributed by atoms with Crippen LogP contribution in [0.15, 0.2) is 6.07 Å². The highest BCUT2D eigenvalue weighted by Crippen LogP contribution is 2.45. The summed E-state index contributed by atoms with van der Waals surface area (Å²) >= 11 is 0. The number of hydrogen-bond acceptors (Lipinski definition) is 5. The number of ether oxygens (including phenoxy) is 3. The van der Waals surface area contributed by atoms with Gasteiger partial charge in [0.2, 0.25) is 5.75 Å². The van der Waals surface area contributed by atoms with Crippen LogP contribution in [0.5, 0.6) is 17.2 Å². The maximum Gasteiger partial charge on any atom is 0.203 e. The molecule has 0 spiro atoms. The molecular weight excluding hydrogens is 244 g/mol. The lowest BCUT2D eigenvalue weighted by molar-refractivity contribution is 0.266. The Balaban J connectivity index is 2.63. The molecule has 0 amide bonds. The summed E-state index contributed by atoms with van der Waals surface area (Å²) in [5, 5.41) is 3.42. The van der Waals surface area contributed by atoms with Crippen molar-refractivity contribution in [2.75, 3.05) is 42.0 Å². The maximum atomic E-state index is 5.54. The van der Waals surface area contributed by atoms with Crippen LogP contribution in [0.2, 0.25) is 0 Å². The van der Waals surface area contributed by atoms with Crippen LogP contribution in [0, 0.1) is 0 Å². The molecule has 0 radical (unpaired) electrons. The molecule has 1 atom stereocenters. The van der Waals surface area contributed by atoms with Gasteiger partial charge in [0.05, 0.1) is 21.3 Å². The van der Waals surface area contributed by atoms with Crippen LogP contribution in [0.25, 0.3) is 0 Å². The van der Waals surface area contributed by atoms with Crippen molar-refractivity contribution in [2.45, 2.75) is 12.6 Å². The lowest BCUT2D eigenvalue weighted by Crippen LogP contribution is -2.36. The molecule has 0 fully saturated rings. The lowest BCUT2D eigenvalue weighted by Gasteiger charge is -2.33. The summed E-state index contributed by atoms with van der Waals surface area (Å²) in [5.41, 5.74) is 2.38. The van der Waals surface area contributed by atoms with Crippen LogP contribution in [0.4, 0.5) is 0 Å². The predicted octanol–water partition coefficient (Wildman–Crippen LogP) is 1.42. The fourth-order valence-corrected chi connectivity index (χ4v) is 2.62. The van der Waals surface area contributed by atoms with Crippen LogP contribution in [0.1, 0.15) is 17.2 Å². The first-order chi connectivity index (χ1) is 9.13. The van der Waals surface area contributed by atoms with E-state index in [0.29, 0.717) is 17.5 Å². The quantitative estimate of drug-likeness (QED) is 0.893. The molecule has 1 N–H and O–H groups in total. The standard InChI is InChI=1S/C14H22N2O3/c1-16(2)11-8-15-7-10-9(11)6-12(17-3)14(19-5)13(10)18-4/h6,11,15H,7-8H2,1-5H3/t11-/m1/s1. The summed E-state index contributed by atoms with van der Waals surface area (Å²) in [5.74, 6) is 2.13. The van der Waals surface area contributed by atoms with Gasteiger partial charge < -0.3 is 24.4 Å². The van der Waals surface area contributed by atoms with Crippen molar-refractivity contribution in [3.05, 3.63) is 17.2 Å². The number of fused-ring (bicyclic) bond motifs is 1. The molecule has 106 valence electrons. The van der Waals surface area contributed by atoms with Gasteiger partial charge in [-0.05, 0) is 25.7 Å². The summed E-state index contributed by atoms with van der Waals surface area (Å²) in [4.78, 5) is 2.19. The Morgan fingerprint density at radius 3 is 2.32 bits per heavy atom. The Kier molecular flexibility index (Phi) is 4.17. The number of rotatable bonds is 4. The van der Waals surface area contributed by atoms with Gasteiger partial charge in [-0.25, -0.2) is 0 Å². The van der Waals surface area contributed by atoms with Gasteiger partial charge in [-0.3, -0.25) is 0 Å². The number of likely N-dealkylation sites (N-methyl/N-ethyl adjacent to an activating group) is 1. The smallest absolute Gasteiger partial charge is 0.203 e. The molecular formula is C14H22N2O3. The van der Waals surface area contributed by atoms with Gasteiger partial charge in [0.1, 0.15) is 0 Å². The summed E-state index contributed by atoms with van der Waals surface area (Å²) in [6.07, 6.45) is 0. The van der Waals surface area contributed by atoms with Gasteiger partial charge in [-0.1, -0.05) is 0 Å². The van der Waals surface area contributed by atoms with Crippen LogP contribution in [-0.4, -0.2) is 46.9 Å². The first-order valence-electron chi connectivity index (χ1n) is 6.32. The Morgan fingerprint density at radius 1 is 1.11 bits per heavy atom. The minimum Gasteiger partial charge on any atom is -0.493 e. The highest BCUT2D eigenvalue weighted by molar-refractivity contribution is 5.60. The number of hydrogen-bond donors (Lipinski definition) is 1. The fourth-order valence-electron chi connectivity index (χ4n) is 2.62. The van der Waals surface area contributed by atoms with Gasteiger partial charge in [0.15, 0.2) is 11.5 Å². The van der Waals surface area contributed by atoms with Crippen LogP contribution >= 0.6 is 0 Å². The highest BCUT2D eigenvalue weighted by Gasteiger charge is 2.28. The summed E-state index contributed by atoms with van der Waals surface area (Å²) in [6.45, 7) is 1.70. The molecule has 1 aromatic carbocycles. The average molecular weight is 266 g/mol. The normalized spacial score (nSPS) is 18.1. The predicted molar refractivity (Wildman–Crippen MR) is 74.2 cm³/mol. The minimum absolute atomic E-state index is 0.303. The lowest BCUT2D eigenvalue weighted by atomic mass is 9.94. The Hall–Kier alpha value is -1.46. The Bertz CT molecular complexity index is 460. The molecule has 1 aliphatic rings. The molecule has 1 aliphatic heterocycles. The molecule has 1 aromatic rings. The first kappa shape index (κ1) is 14.0. The van der Waals surface area contributed by atoms with E-state index < -0.39 is 0 Å². The van der Waals surface area contributed by atoms with Gasteiger partial charge in [0.25, 0.3) is 0 Å². The van der Waals surface area contributed by atoms with Gasteiger partial charge in [-0.15, -0.1) is 0 Å². The van der Waals surface area contributed by atoms with Crippen molar-refractivity contribution in [1.29, 1.82) is 0 Å². The van der Waals surface area contributed by atoms with Crippen molar-refractivity contribution < 1.29 is 14.2 Å². The molecule has 5 heteroatoms. The number of benzene rings is 1. The molecule has 0 unspecified atom stereocenters. The minimum atomic E-state index is 0.303. The van der Waals surface area contributed by atoms with Crippen LogP contribution < -0.4 is 19.5 Å². The molecule has 0 aliphatic carbocycles. The summed E-state index contributed by atoms with van der Waals surface area (Å²) in [7, 11) is 9.09. The third-order valence-corrected chi connectivity index (χ3v) is 3.59. The highest BCUT2D eigenvalue weighted by atomic mass is 16.5. The monoisotopic (exact) mass is 266 g/mol. The van der Waals surface area contributed by atoms with Crippen molar-refractivity contribution in [1.82, 2.24) is 10.2 Å². The Labute approximate surface area is 114 Å².